The van der Waals surface area contributed by atoms with Gasteiger partial charge in [0.2, 0.25) is 0 Å². The maximum absolute atomic E-state index is 12.5. The molecule has 24 heavy (non-hydrogen) atoms. The second-order valence-corrected chi connectivity index (χ2v) is 5.18. The first-order valence-electron chi connectivity index (χ1n) is 7.95. The third-order valence-corrected chi connectivity index (χ3v) is 3.58. The van der Waals surface area contributed by atoms with E-state index >= 15 is 0 Å². The summed E-state index contributed by atoms with van der Waals surface area (Å²) in [5, 5.41) is 9.15. The van der Waals surface area contributed by atoms with Gasteiger partial charge in [-0.05, 0) is 42.7 Å². The van der Waals surface area contributed by atoms with Crippen molar-refractivity contribution in [2.45, 2.75) is 26.7 Å². The number of nitrogens with zero attached hydrogens (tertiary/aromatic N) is 1. The van der Waals surface area contributed by atoms with E-state index in [9.17, 15) is 9.59 Å². The van der Waals surface area contributed by atoms with E-state index < -0.39 is 11.5 Å². The highest BCUT2D eigenvalue weighted by Gasteiger charge is 2.19. The zero-order chi connectivity index (χ0) is 17.5. The van der Waals surface area contributed by atoms with Crippen LogP contribution in [0.3, 0.4) is 0 Å². The molecule has 0 bridgehead atoms. The van der Waals surface area contributed by atoms with E-state index in [0.29, 0.717) is 43.0 Å². The lowest BCUT2D eigenvalue weighted by Crippen LogP contribution is -2.27. The number of aryl methyl sites for hydroxylation is 1. The summed E-state index contributed by atoms with van der Waals surface area (Å²) < 4.78 is 5.38. The lowest BCUT2D eigenvalue weighted by molar-refractivity contribution is 0.102. The monoisotopic (exact) mass is 330 g/mol. The van der Waals surface area contributed by atoms with Crippen LogP contribution in [0.2, 0.25) is 0 Å². The maximum Gasteiger partial charge on any atom is 0.277 e. The predicted octanol–water partition coefficient (Wildman–Crippen LogP) is 1.48. The molecular formula is C17H22N4O3. The molecule has 0 saturated heterocycles. The van der Waals surface area contributed by atoms with E-state index in [1.165, 1.54) is 0 Å². The minimum atomic E-state index is -0.482. The molecule has 2 aromatic rings. The Hall–Kier alpha value is -2.67. The molecule has 0 aliphatic carbocycles. The number of carbonyl (C=O) groups is 1. The average Bonchev–Trinajstić information content (AvgIpc) is 2.60. The van der Waals surface area contributed by atoms with Crippen LogP contribution in [0.15, 0.2) is 29.1 Å². The Morgan fingerprint density at radius 2 is 1.96 bits per heavy atom. The summed E-state index contributed by atoms with van der Waals surface area (Å²) >= 11 is 0. The average molecular weight is 330 g/mol. The molecule has 0 aliphatic heterocycles. The van der Waals surface area contributed by atoms with E-state index in [2.05, 4.69) is 15.5 Å². The fourth-order valence-corrected chi connectivity index (χ4v) is 2.44. The number of hydrogen-bond acceptors (Lipinski definition) is 5. The Balaban J connectivity index is 2.22. The molecule has 1 heterocycles. The van der Waals surface area contributed by atoms with E-state index in [1.54, 1.807) is 24.3 Å². The first kappa shape index (κ1) is 17.7. The number of hydrogen-bond donors (Lipinski definition) is 3. The largest absolute Gasteiger partial charge is 0.492 e. The molecule has 0 atom stereocenters. The van der Waals surface area contributed by atoms with Gasteiger partial charge in [0.25, 0.3) is 11.5 Å². The number of anilines is 1. The van der Waals surface area contributed by atoms with Crippen LogP contribution < -0.4 is 21.3 Å². The smallest absolute Gasteiger partial charge is 0.277 e. The second-order valence-electron chi connectivity index (χ2n) is 5.18. The molecule has 1 aromatic carbocycles. The molecule has 0 fully saturated rings. The molecule has 0 radical (unpaired) electrons. The van der Waals surface area contributed by atoms with Gasteiger partial charge in [-0.15, -0.1) is 0 Å². The number of nitrogens with one attached hydrogen (secondary N) is 2. The van der Waals surface area contributed by atoms with Crippen LogP contribution in [-0.4, -0.2) is 29.3 Å². The van der Waals surface area contributed by atoms with Gasteiger partial charge in [-0.1, -0.05) is 13.8 Å². The molecule has 7 nitrogen and oxygen atoms in total. The van der Waals surface area contributed by atoms with Crippen molar-refractivity contribution in [2.75, 3.05) is 18.5 Å². The van der Waals surface area contributed by atoms with Crippen molar-refractivity contribution in [3.05, 3.63) is 51.4 Å². The summed E-state index contributed by atoms with van der Waals surface area (Å²) in [4.78, 5) is 24.6. The van der Waals surface area contributed by atoms with Gasteiger partial charge >= 0.3 is 0 Å². The number of benzene rings is 1. The van der Waals surface area contributed by atoms with Crippen LogP contribution >= 0.6 is 0 Å². The topological polar surface area (TPSA) is 110 Å². The van der Waals surface area contributed by atoms with Gasteiger partial charge in [0.15, 0.2) is 0 Å². The summed E-state index contributed by atoms with van der Waals surface area (Å²) in [5.41, 5.74) is 7.01. The molecule has 1 amide bonds. The van der Waals surface area contributed by atoms with Crippen molar-refractivity contribution in [1.29, 1.82) is 0 Å². The highest BCUT2D eigenvalue weighted by atomic mass is 16.5. The standard InChI is InChI=1S/C17H22N4O3/c1-3-13-14(4-2)20-21-17(23)15(13)16(22)19-11-5-7-12(8-6-11)24-10-9-18/h5-8H,3-4,9-10,18H2,1-2H3,(H,19,22)(H,21,23). The molecule has 0 unspecified atom stereocenters. The normalized spacial score (nSPS) is 10.5. The third kappa shape index (κ3) is 3.99. The van der Waals surface area contributed by atoms with Gasteiger partial charge in [-0.25, -0.2) is 5.10 Å². The number of aromatic amines is 1. The summed E-state index contributed by atoms with van der Waals surface area (Å²) in [6.07, 6.45) is 1.21. The van der Waals surface area contributed by atoms with Crippen molar-refractivity contribution in [2.24, 2.45) is 5.73 Å². The Morgan fingerprint density at radius 1 is 1.25 bits per heavy atom. The molecule has 0 saturated carbocycles. The van der Waals surface area contributed by atoms with E-state index in [0.717, 1.165) is 5.69 Å². The fraction of sp³-hybridized carbons (Fsp3) is 0.353. The van der Waals surface area contributed by atoms with Crippen LogP contribution in [0.4, 0.5) is 5.69 Å². The summed E-state index contributed by atoms with van der Waals surface area (Å²) in [6, 6.07) is 6.90. The third-order valence-electron chi connectivity index (χ3n) is 3.58. The van der Waals surface area contributed by atoms with Crippen molar-refractivity contribution < 1.29 is 9.53 Å². The molecule has 0 spiro atoms. The Labute approximate surface area is 140 Å². The predicted molar refractivity (Wildman–Crippen MR) is 92.6 cm³/mol. The first-order valence-corrected chi connectivity index (χ1v) is 7.95. The number of amides is 1. The maximum atomic E-state index is 12.5. The van der Waals surface area contributed by atoms with E-state index in [-0.39, 0.29) is 5.56 Å². The first-order chi connectivity index (χ1) is 11.6. The Bertz CT molecular complexity index is 753. The minimum absolute atomic E-state index is 0.118. The van der Waals surface area contributed by atoms with Crippen molar-refractivity contribution in [3.63, 3.8) is 0 Å². The summed E-state index contributed by atoms with van der Waals surface area (Å²) in [5.74, 6) is 0.226. The van der Waals surface area contributed by atoms with Gasteiger partial charge in [-0.3, -0.25) is 9.59 Å². The van der Waals surface area contributed by atoms with Crippen molar-refractivity contribution in [1.82, 2.24) is 10.2 Å². The summed E-state index contributed by atoms with van der Waals surface area (Å²) in [6.45, 7) is 4.69. The zero-order valence-electron chi connectivity index (χ0n) is 13.9. The van der Waals surface area contributed by atoms with Gasteiger partial charge in [0.05, 0.1) is 5.69 Å². The van der Waals surface area contributed by atoms with Gasteiger partial charge in [-0.2, -0.15) is 5.10 Å². The number of H-pyrrole nitrogens is 1. The van der Waals surface area contributed by atoms with Gasteiger partial charge in [0.1, 0.15) is 17.9 Å². The molecule has 0 aliphatic rings. The number of ether oxygens (including phenoxy) is 1. The second kappa shape index (κ2) is 8.26. The van der Waals surface area contributed by atoms with E-state index in [1.807, 2.05) is 13.8 Å². The zero-order valence-corrected chi connectivity index (χ0v) is 13.9. The van der Waals surface area contributed by atoms with Crippen molar-refractivity contribution >= 4 is 11.6 Å². The van der Waals surface area contributed by atoms with Crippen molar-refractivity contribution in [3.8, 4) is 5.75 Å². The minimum Gasteiger partial charge on any atom is -0.492 e. The SMILES string of the molecule is CCc1n[nH]c(=O)c(C(=O)Nc2ccc(OCCN)cc2)c1CC. The van der Waals surface area contributed by atoms with Crippen LogP contribution in [0.25, 0.3) is 0 Å². The van der Waals surface area contributed by atoms with Crippen LogP contribution in [0, 0.1) is 0 Å². The highest BCUT2D eigenvalue weighted by Crippen LogP contribution is 2.17. The van der Waals surface area contributed by atoms with Crippen LogP contribution in [0.1, 0.15) is 35.5 Å². The van der Waals surface area contributed by atoms with E-state index in [4.69, 9.17) is 10.5 Å². The fourth-order valence-electron chi connectivity index (χ4n) is 2.44. The molecule has 1 aromatic heterocycles. The number of nitrogens with two attached hydrogens (primary N) is 1. The lowest BCUT2D eigenvalue weighted by Gasteiger charge is -2.11. The number of carbonyl (C=O) groups excluding carboxylic acids is 1. The van der Waals surface area contributed by atoms with Gasteiger partial charge < -0.3 is 15.8 Å². The quantitative estimate of drug-likeness (QED) is 0.712. The molecule has 7 heteroatoms. The molecule has 128 valence electrons. The van der Waals surface area contributed by atoms with Crippen LogP contribution in [-0.2, 0) is 12.8 Å². The highest BCUT2D eigenvalue weighted by molar-refractivity contribution is 6.05. The molecular weight excluding hydrogens is 308 g/mol. The summed E-state index contributed by atoms with van der Waals surface area (Å²) in [7, 11) is 0. The van der Waals surface area contributed by atoms with Crippen LogP contribution in [0.5, 0.6) is 5.75 Å². The Kier molecular flexibility index (Phi) is 6.08. The Morgan fingerprint density at radius 3 is 2.54 bits per heavy atom. The lowest BCUT2D eigenvalue weighted by atomic mass is 10.0. The molecule has 4 N–H and O–H groups in total. The number of aromatic nitrogens is 2. The number of rotatable bonds is 7. The van der Waals surface area contributed by atoms with Gasteiger partial charge in [0, 0.05) is 12.2 Å². The molecule has 2 rings (SSSR count).